The number of carbonyl (C=O) groups excluding carboxylic acids is 1. The van der Waals surface area contributed by atoms with E-state index in [1.807, 2.05) is 0 Å². The van der Waals surface area contributed by atoms with Gasteiger partial charge in [-0.05, 0) is 25.0 Å². The van der Waals surface area contributed by atoms with Gasteiger partial charge in [0, 0.05) is 30.1 Å². The van der Waals surface area contributed by atoms with Crippen molar-refractivity contribution in [2.45, 2.75) is 31.7 Å². The van der Waals surface area contributed by atoms with Gasteiger partial charge in [0.1, 0.15) is 11.6 Å². The second-order valence-electron chi connectivity index (χ2n) is 4.78. The zero-order valence-electron chi connectivity index (χ0n) is 10.5. The molecule has 104 valence electrons. The lowest BCUT2D eigenvalue weighted by atomic mass is 10.1. The molecule has 19 heavy (non-hydrogen) atoms. The molecule has 0 atom stereocenters. The summed E-state index contributed by atoms with van der Waals surface area (Å²) < 4.78 is 26.4. The predicted octanol–water partition coefficient (Wildman–Crippen LogP) is 3.59. The molecule has 0 N–H and O–H groups in total. The lowest BCUT2D eigenvalue weighted by molar-refractivity contribution is 0.0694. The summed E-state index contributed by atoms with van der Waals surface area (Å²) in [6, 6.07) is 3.04. The summed E-state index contributed by atoms with van der Waals surface area (Å²) >= 11 is 5.73. The number of hydrogen-bond donors (Lipinski definition) is 0. The first kappa shape index (κ1) is 14.3. The Bertz CT molecular complexity index is 441. The van der Waals surface area contributed by atoms with E-state index >= 15 is 0 Å². The first-order valence-electron chi connectivity index (χ1n) is 6.45. The highest BCUT2D eigenvalue weighted by atomic mass is 35.5. The normalized spacial score (nSPS) is 15.7. The molecule has 0 spiro atoms. The van der Waals surface area contributed by atoms with Crippen LogP contribution in [0.2, 0.25) is 0 Å². The number of carbonyl (C=O) groups is 1. The average molecular weight is 288 g/mol. The smallest absolute Gasteiger partial charge is 0.254 e. The predicted molar refractivity (Wildman–Crippen MR) is 70.4 cm³/mol. The lowest BCUT2D eigenvalue weighted by Crippen LogP contribution is -2.40. The van der Waals surface area contributed by atoms with Crippen molar-refractivity contribution in [1.82, 2.24) is 4.90 Å². The highest BCUT2D eigenvalue weighted by Crippen LogP contribution is 2.25. The third-order valence-electron chi connectivity index (χ3n) is 3.46. The van der Waals surface area contributed by atoms with Crippen molar-refractivity contribution < 1.29 is 13.6 Å². The van der Waals surface area contributed by atoms with Crippen molar-refractivity contribution in [2.75, 3.05) is 12.4 Å². The van der Waals surface area contributed by atoms with Crippen LogP contribution in [0.15, 0.2) is 18.2 Å². The second-order valence-corrected chi connectivity index (χ2v) is 5.16. The maximum Gasteiger partial charge on any atom is 0.254 e. The van der Waals surface area contributed by atoms with Crippen LogP contribution in [0.1, 0.15) is 36.0 Å². The summed E-state index contributed by atoms with van der Waals surface area (Å²) in [5.41, 5.74) is 0.0505. The minimum atomic E-state index is -0.736. The minimum Gasteiger partial charge on any atom is -0.334 e. The molecule has 1 saturated carbocycles. The summed E-state index contributed by atoms with van der Waals surface area (Å²) in [6.07, 6.45) is 4.02. The molecule has 0 heterocycles. The fourth-order valence-electron chi connectivity index (χ4n) is 2.60. The zero-order chi connectivity index (χ0) is 13.8. The zero-order valence-corrected chi connectivity index (χ0v) is 11.3. The summed E-state index contributed by atoms with van der Waals surface area (Å²) in [6.45, 7) is 0.406. The summed E-state index contributed by atoms with van der Waals surface area (Å²) in [7, 11) is 0. The first-order chi connectivity index (χ1) is 9.11. The first-order valence-corrected chi connectivity index (χ1v) is 6.98. The Labute approximate surface area is 116 Å². The third kappa shape index (κ3) is 3.44. The van der Waals surface area contributed by atoms with Crippen molar-refractivity contribution in [3.05, 3.63) is 35.4 Å². The van der Waals surface area contributed by atoms with Crippen LogP contribution < -0.4 is 0 Å². The van der Waals surface area contributed by atoms with Gasteiger partial charge >= 0.3 is 0 Å². The fraction of sp³-hybridized carbons (Fsp3) is 0.500. The Hall–Kier alpha value is -1.16. The number of halogens is 3. The van der Waals surface area contributed by atoms with E-state index in [-0.39, 0.29) is 17.5 Å². The van der Waals surface area contributed by atoms with Gasteiger partial charge in [0.05, 0.1) is 0 Å². The van der Waals surface area contributed by atoms with E-state index in [1.54, 1.807) is 4.90 Å². The Morgan fingerprint density at radius 3 is 2.32 bits per heavy atom. The highest BCUT2D eigenvalue weighted by molar-refractivity contribution is 6.18. The van der Waals surface area contributed by atoms with Gasteiger partial charge < -0.3 is 4.90 Å². The molecule has 1 aromatic carbocycles. The Balaban J connectivity index is 2.22. The summed E-state index contributed by atoms with van der Waals surface area (Å²) in [4.78, 5) is 14.0. The van der Waals surface area contributed by atoms with Crippen LogP contribution in [-0.4, -0.2) is 29.3 Å². The van der Waals surface area contributed by atoms with Gasteiger partial charge in [0.25, 0.3) is 5.91 Å². The molecule has 0 aliphatic heterocycles. The fourth-order valence-corrected chi connectivity index (χ4v) is 2.78. The van der Waals surface area contributed by atoms with Crippen LogP contribution >= 0.6 is 11.6 Å². The molecular weight excluding hydrogens is 272 g/mol. The quantitative estimate of drug-likeness (QED) is 0.775. The molecule has 0 aromatic heterocycles. The standard InChI is InChI=1S/C14H16ClF2NO/c15-5-6-18(13-3-1-2-4-13)14(19)10-7-11(16)9-12(17)8-10/h7-9,13H,1-6H2. The van der Waals surface area contributed by atoms with Gasteiger partial charge in [-0.2, -0.15) is 0 Å². The number of benzene rings is 1. The molecule has 2 nitrogen and oxygen atoms in total. The Morgan fingerprint density at radius 1 is 1.21 bits per heavy atom. The maximum absolute atomic E-state index is 13.2. The van der Waals surface area contributed by atoms with Crippen molar-refractivity contribution in [3.8, 4) is 0 Å². The topological polar surface area (TPSA) is 20.3 Å². The van der Waals surface area contributed by atoms with Gasteiger partial charge in [-0.3, -0.25) is 4.79 Å². The van der Waals surface area contributed by atoms with Gasteiger partial charge in [-0.1, -0.05) is 12.8 Å². The number of nitrogens with zero attached hydrogens (tertiary/aromatic N) is 1. The van der Waals surface area contributed by atoms with Crippen LogP contribution in [0, 0.1) is 11.6 Å². The average Bonchev–Trinajstić information content (AvgIpc) is 2.87. The molecule has 1 aromatic rings. The van der Waals surface area contributed by atoms with Gasteiger partial charge in [-0.15, -0.1) is 11.6 Å². The molecule has 1 aliphatic carbocycles. The van der Waals surface area contributed by atoms with Crippen LogP contribution in [0.3, 0.4) is 0 Å². The van der Waals surface area contributed by atoms with Crippen molar-refractivity contribution in [1.29, 1.82) is 0 Å². The molecule has 1 aliphatic rings. The summed E-state index contributed by atoms with van der Waals surface area (Å²) in [5.74, 6) is -1.49. The van der Waals surface area contributed by atoms with Crippen molar-refractivity contribution in [3.63, 3.8) is 0 Å². The van der Waals surface area contributed by atoms with Crippen LogP contribution in [0.5, 0.6) is 0 Å². The van der Waals surface area contributed by atoms with E-state index in [4.69, 9.17) is 11.6 Å². The van der Waals surface area contributed by atoms with E-state index in [9.17, 15) is 13.6 Å². The van der Waals surface area contributed by atoms with Gasteiger partial charge in [-0.25, -0.2) is 8.78 Å². The highest BCUT2D eigenvalue weighted by Gasteiger charge is 2.27. The van der Waals surface area contributed by atoms with E-state index in [0.717, 1.165) is 43.9 Å². The second kappa shape index (κ2) is 6.33. The molecule has 5 heteroatoms. The number of hydrogen-bond acceptors (Lipinski definition) is 1. The molecule has 0 radical (unpaired) electrons. The molecular formula is C14H16ClF2NO. The van der Waals surface area contributed by atoms with Gasteiger partial charge in [0.2, 0.25) is 0 Å². The van der Waals surface area contributed by atoms with Crippen LogP contribution in [0.25, 0.3) is 0 Å². The SMILES string of the molecule is O=C(c1cc(F)cc(F)c1)N(CCCl)C1CCCC1. The molecule has 1 fully saturated rings. The Morgan fingerprint density at radius 2 is 1.79 bits per heavy atom. The molecule has 0 unspecified atom stereocenters. The molecule has 0 saturated heterocycles. The van der Waals surface area contributed by atoms with E-state index in [2.05, 4.69) is 0 Å². The van der Waals surface area contributed by atoms with Crippen molar-refractivity contribution >= 4 is 17.5 Å². The van der Waals surface area contributed by atoms with E-state index in [0.29, 0.717) is 12.4 Å². The molecule has 0 bridgehead atoms. The number of rotatable bonds is 4. The van der Waals surface area contributed by atoms with Crippen LogP contribution in [0.4, 0.5) is 8.78 Å². The molecule has 2 rings (SSSR count). The minimum absolute atomic E-state index is 0.0505. The Kier molecular flexibility index (Phi) is 4.75. The van der Waals surface area contributed by atoms with Crippen LogP contribution in [-0.2, 0) is 0 Å². The third-order valence-corrected chi connectivity index (χ3v) is 3.63. The van der Waals surface area contributed by atoms with Gasteiger partial charge in [0.15, 0.2) is 0 Å². The van der Waals surface area contributed by atoms with E-state index in [1.165, 1.54) is 0 Å². The molecule has 1 amide bonds. The number of amides is 1. The lowest BCUT2D eigenvalue weighted by Gasteiger charge is -2.28. The maximum atomic E-state index is 13.2. The van der Waals surface area contributed by atoms with E-state index < -0.39 is 11.6 Å². The largest absolute Gasteiger partial charge is 0.334 e. The monoisotopic (exact) mass is 287 g/mol. The number of alkyl halides is 1. The summed E-state index contributed by atoms with van der Waals surface area (Å²) in [5, 5.41) is 0. The van der Waals surface area contributed by atoms with Crippen molar-refractivity contribution in [2.24, 2.45) is 0 Å².